The predicted molar refractivity (Wildman–Crippen MR) is 49.0 cm³/mol. The van der Waals surface area contributed by atoms with Crippen molar-refractivity contribution in [3.8, 4) is 5.75 Å². The number of hydrogen-bond donors (Lipinski definition) is 1. The van der Waals surface area contributed by atoms with Gasteiger partial charge in [-0.05, 0) is 13.0 Å². The Morgan fingerprint density at radius 3 is 2.77 bits per heavy atom. The van der Waals surface area contributed by atoms with Crippen LogP contribution in [0.2, 0.25) is 0 Å². The van der Waals surface area contributed by atoms with E-state index in [2.05, 4.69) is 0 Å². The number of ether oxygens (including phenoxy) is 1. The molecule has 0 atom stereocenters. The third-order valence-electron chi connectivity index (χ3n) is 1.84. The maximum atomic E-state index is 11.3. The summed E-state index contributed by atoms with van der Waals surface area (Å²) < 4.78 is 6.42. The Hall–Kier alpha value is -1.29. The SMILES string of the molecule is COCCn1c(C)cc(O)cc1=O. The molecule has 0 unspecified atom stereocenters. The van der Waals surface area contributed by atoms with E-state index in [9.17, 15) is 4.79 Å². The first kappa shape index (κ1) is 9.80. The Bertz CT molecular complexity index is 343. The van der Waals surface area contributed by atoms with Gasteiger partial charge in [0, 0.05) is 25.4 Å². The van der Waals surface area contributed by atoms with Gasteiger partial charge in [-0.25, -0.2) is 0 Å². The molecule has 0 fully saturated rings. The molecule has 1 heterocycles. The van der Waals surface area contributed by atoms with Crippen LogP contribution in [0.25, 0.3) is 0 Å². The fourth-order valence-corrected chi connectivity index (χ4v) is 1.18. The number of aromatic hydroxyl groups is 1. The molecular weight excluding hydrogens is 170 g/mol. The van der Waals surface area contributed by atoms with Crippen LogP contribution in [0.4, 0.5) is 0 Å². The van der Waals surface area contributed by atoms with Gasteiger partial charge < -0.3 is 14.4 Å². The highest BCUT2D eigenvalue weighted by molar-refractivity contribution is 5.21. The first-order valence-corrected chi connectivity index (χ1v) is 4.04. The zero-order valence-electron chi connectivity index (χ0n) is 7.78. The minimum Gasteiger partial charge on any atom is -0.508 e. The van der Waals surface area contributed by atoms with Crippen molar-refractivity contribution in [3.05, 3.63) is 28.2 Å². The normalized spacial score (nSPS) is 10.3. The van der Waals surface area contributed by atoms with Gasteiger partial charge in [-0.3, -0.25) is 4.79 Å². The van der Waals surface area contributed by atoms with Crippen LogP contribution in [-0.4, -0.2) is 23.4 Å². The highest BCUT2D eigenvalue weighted by atomic mass is 16.5. The van der Waals surface area contributed by atoms with E-state index < -0.39 is 0 Å². The molecule has 0 saturated carbocycles. The second-order valence-corrected chi connectivity index (χ2v) is 2.84. The third kappa shape index (κ3) is 2.32. The summed E-state index contributed by atoms with van der Waals surface area (Å²) in [7, 11) is 1.58. The molecule has 13 heavy (non-hydrogen) atoms. The lowest BCUT2D eigenvalue weighted by Gasteiger charge is -2.08. The van der Waals surface area contributed by atoms with E-state index in [0.717, 1.165) is 5.69 Å². The number of rotatable bonds is 3. The first-order valence-electron chi connectivity index (χ1n) is 4.04. The lowest BCUT2D eigenvalue weighted by molar-refractivity contribution is 0.185. The van der Waals surface area contributed by atoms with E-state index in [4.69, 9.17) is 9.84 Å². The molecule has 0 bridgehead atoms. The quantitative estimate of drug-likeness (QED) is 0.742. The molecule has 0 aliphatic carbocycles. The molecule has 1 rings (SSSR count). The van der Waals surface area contributed by atoms with E-state index in [0.29, 0.717) is 13.2 Å². The zero-order valence-corrected chi connectivity index (χ0v) is 7.78. The largest absolute Gasteiger partial charge is 0.508 e. The summed E-state index contributed by atoms with van der Waals surface area (Å²) >= 11 is 0. The minimum absolute atomic E-state index is 0.0103. The van der Waals surface area contributed by atoms with E-state index in [1.807, 2.05) is 0 Å². The smallest absolute Gasteiger partial charge is 0.254 e. The average Bonchev–Trinajstić information content (AvgIpc) is 2.02. The first-order chi connectivity index (χ1) is 6.15. The predicted octanol–water partition coefficient (Wildman–Crippen LogP) is 0.509. The molecule has 0 aliphatic heterocycles. The van der Waals surface area contributed by atoms with Crippen LogP contribution in [0.15, 0.2) is 16.9 Å². The lowest BCUT2D eigenvalue weighted by atomic mass is 10.3. The van der Waals surface area contributed by atoms with Crippen molar-refractivity contribution >= 4 is 0 Å². The number of aryl methyl sites for hydroxylation is 1. The Balaban J connectivity index is 2.99. The zero-order chi connectivity index (χ0) is 9.84. The van der Waals surface area contributed by atoms with Gasteiger partial charge in [0.2, 0.25) is 0 Å². The van der Waals surface area contributed by atoms with Gasteiger partial charge >= 0.3 is 0 Å². The summed E-state index contributed by atoms with van der Waals surface area (Å²) in [6, 6.07) is 2.75. The third-order valence-corrected chi connectivity index (χ3v) is 1.84. The summed E-state index contributed by atoms with van der Waals surface area (Å²) in [5.41, 5.74) is 0.539. The number of hydrogen-bond acceptors (Lipinski definition) is 3. The van der Waals surface area contributed by atoms with Crippen LogP contribution in [0, 0.1) is 6.92 Å². The fraction of sp³-hybridized carbons (Fsp3) is 0.444. The van der Waals surface area contributed by atoms with Gasteiger partial charge in [-0.1, -0.05) is 0 Å². The molecule has 0 amide bonds. The van der Waals surface area contributed by atoms with Crippen molar-refractivity contribution in [2.24, 2.45) is 0 Å². The van der Waals surface area contributed by atoms with Crippen LogP contribution < -0.4 is 5.56 Å². The molecule has 4 heteroatoms. The highest BCUT2D eigenvalue weighted by Gasteiger charge is 2.01. The van der Waals surface area contributed by atoms with Crippen LogP contribution in [0.1, 0.15) is 5.69 Å². The summed E-state index contributed by atoms with van der Waals surface area (Å²) in [5, 5.41) is 9.10. The van der Waals surface area contributed by atoms with Gasteiger partial charge in [0.1, 0.15) is 5.75 Å². The van der Waals surface area contributed by atoms with Crippen LogP contribution in [-0.2, 0) is 11.3 Å². The summed E-state index contributed by atoms with van der Waals surface area (Å²) in [5.74, 6) is 0.0103. The molecule has 4 nitrogen and oxygen atoms in total. The van der Waals surface area contributed by atoms with Gasteiger partial charge in [0.05, 0.1) is 6.61 Å². The molecule has 0 spiro atoms. The summed E-state index contributed by atoms with van der Waals surface area (Å²) in [6.45, 7) is 2.78. The number of nitrogens with zero attached hydrogens (tertiary/aromatic N) is 1. The summed E-state index contributed by atoms with van der Waals surface area (Å²) in [6.07, 6.45) is 0. The van der Waals surface area contributed by atoms with Gasteiger partial charge in [0.15, 0.2) is 0 Å². The Labute approximate surface area is 76.4 Å². The van der Waals surface area contributed by atoms with Crippen LogP contribution in [0.3, 0.4) is 0 Å². The standard InChI is InChI=1S/C9H13NO3/c1-7-5-8(11)6-9(12)10(7)3-4-13-2/h5-6,11H,3-4H2,1-2H3. The van der Waals surface area contributed by atoms with E-state index in [1.54, 1.807) is 24.7 Å². The Morgan fingerprint density at radius 1 is 1.54 bits per heavy atom. The van der Waals surface area contributed by atoms with Crippen molar-refractivity contribution in [1.29, 1.82) is 0 Å². The topological polar surface area (TPSA) is 51.5 Å². The van der Waals surface area contributed by atoms with Gasteiger partial charge in [-0.2, -0.15) is 0 Å². The average molecular weight is 183 g/mol. The van der Waals surface area contributed by atoms with Crippen molar-refractivity contribution in [3.63, 3.8) is 0 Å². The highest BCUT2D eigenvalue weighted by Crippen LogP contribution is 2.06. The monoisotopic (exact) mass is 183 g/mol. The van der Waals surface area contributed by atoms with E-state index >= 15 is 0 Å². The van der Waals surface area contributed by atoms with Crippen LogP contribution >= 0.6 is 0 Å². The molecule has 1 aromatic heterocycles. The number of methoxy groups -OCH3 is 1. The molecule has 0 aliphatic rings. The van der Waals surface area contributed by atoms with Crippen molar-refractivity contribution in [2.45, 2.75) is 13.5 Å². The fourth-order valence-electron chi connectivity index (χ4n) is 1.18. The second kappa shape index (κ2) is 4.09. The van der Waals surface area contributed by atoms with E-state index in [1.165, 1.54) is 6.07 Å². The Morgan fingerprint density at radius 2 is 2.23 bits per heavy atom. The molecule has 0 radical (unpaired) electrons. The lowest BCUT2D eigenvalue weighted by Crippen LogP contribution is -2.23. The number of pyridine rings is 1. The molecule has 1 N–H and O–H groups in total. The minimum atomic E-state index is -0.199. The van der Waals surface area contributed by atoms with Crippen LogP contribution in [0.5, 0.6) is 5.75 Å². The van der Waals surface area contributed by atoms with Gasteiger partial charge in [0.25, 0.3) is 5.56 Å². The van der Waals surface area contributed by atoms with Gasteiger partial charge in [-0.15, -0.1) is 0 Å². The van der Waals surface area contributed by atoms with E-state index in [-0.39, 0.29) is 11.3 Å². The summed E-state index contributed by atoms with van der Waals surface area (Å²) in [4.78, 5) is 11.3. The maximum absolute atomic E-state index is 11.3. The van der Waals surface area contributed by atoms with Crippen molar-refractivity contribution in [2.75, 3.05) is 13.7 Å². The molecule has 72 valence electrons. The van der Waals surface area contributed by atoms with Crippen molar-refractivity contribution < 1.29 is 9.84 Å². The molecule has 1 aromatic rings. The second-order valence-electron chi connectivity index (χ2n) is 2.84. The number of aromatic nitrogens is 1. The molecular formula is C9H13NO3. The molecule has 0 saturated heterocycles. The van der Waals surface area contributed by atoms with Crippen molar-refractivity contribution in [1.82, 2.24) is 4.57 Å². The Kier molecular flexibility index (Phi) is 3.08. The maximum Gasteiger partial charge on any atom is 0.254 e. The molecule has 0 aromatic carbocycles.